The SMILES string of the molecule is [2H]c1c([2H])c2c([2H])c([2H])c3c([2H])c([2H])c(C)c4c([2H])c([2H])c(c1[2H])c2c34. The smallest absolute Gasteiger partial charge is 0.0610 e. The van der Waals surface area contributed by atoms with Gasteiger partial charge in [0.1, 0.15) is 0 Å². The molecule has 4 rings (SSSR count). The number of aryl methyl sites for hydroxylation is 1. The van der Waals surface area contributed by atoms with Gasteiger partial charge in [0.15, 0.2) is 0 Å². The van der Waals surface area contributed by atoms with E-state index in [4.69, 9.17) is 12.3 Å². The Morgan fingerprint density at radius 3 is 2.06 bits per heavy atom. The van der Waals surface area contributed by atoms with E-state index in [-0.39, 0.29) is 80.7 Å². The summed E-state index contributed by atoms with van der Waals surface area (Å²) in [6.07, 6.45) is 0. The molecule has 0 aliphatic carbocycles. The molecule has 0 fully saturated rings. The predicted octanol–water partition coefficient (Wildman–Crippen LogP) is 4.89. The van der Waals surface area contributed by atoms with Gasteiger partial charge in [0, 0.05) is 0 Å². The molecule has 0 bridgehead atoms. The lowest BCUT2D eigenvalue weighted by Gasteiger charge is -2.11. The van der Waals surface area contributed by atoms with Crippen LogP contribution in [0.3, 0.4) is 0 Å². The van der Waals surface area contributed by atoms with Crippen LogP contribution < -0.4 is 0 Å². The van der Waals surface area contributed by atoms with Crippen LogP contribution in [0, 0.1) is 6.92 Å². The van der Waals surface area contributed by atoms with Gasteiger partial charge in [0.05, 0.1) is 12.3 Å². The largest absolute Gasteiger partial charge is 0.0630 e. The average Bonchev–Trinajstić information content (AvgIpc) is 2.60. The van der Waals surface area contributed by atoms with Crippen LogP contribution in [0.25, 0.3) is 32.3 Å². The zero-order valence-corrected chi connectivity index (χ0v) is 9.00. The first-order chi connectivity index (χ1) is 12.1. The first-order valence-electron chi connectivity index (χ1n) is 9.75. The summed E-state index contributed by atoms with van der Waals surface area (Å²) in [6.45, 7) is 1.56. The van der Waals surface area contributed by atoms with Crippen LogP contribution >= 0.6 is 0 Å². The summed E-state index contributed by atoms with van der Waals surface area (Å²) in [5, 5.41) is 0.663. The molecular weight excluding hydrogens is 204 g/mol. The first kappa shape index (κ1) is 3.99. The summed E-state index contributed by atoms with van der Waals surface area (Å²) >= 11 is 0. The van der Waals surface area contributed by atoms with Gasteiger partial charge < -0.3 is 0 Å². The minimum Gasteiger partial charge on any atom is -0.0610 e. The van der Waals surface area contributed by atoms with Crippen molar-refractivity contribution in [3.63, 3.8) is 0 Å². The van der Waals surface area contributed by atoms with Crippen LogP contribution in [-0.4, -0.2) is 0 Å². The van der Waals surface area contributed by atoms with Gasteiger partial charge in [0.2, 0.25) is 0 Å². The van der Waals surface area contributed by atoms with Gasteiger partial charge in [-0.1, -0.05) is 54.4 Å². The van der Waals surface area contributed by atoms with Gasteiger partial charge in [-0.25, -0.2) is 0 Å². The van der Waals surface area contributed by atoms with Crippen molar-refractivity contribution in [1.82, 2.24) is 0 Å². The second-order valence-electron chi connectivity index (χ2n) is 4.00. The Labute approximate surface area is 112 Å². The molecule has 0 saturated heterocycles. The molecule has 0 amide bonds. The quantitative estimate of drug-likeness (QED) is 0.374. The maximum atomic E-state index is 8.36. The van der Waals surface area contributed by atoms with Crippen molar-refractivity contribution < 1.29 is 12.3 Å². The van der Waals surface area contributed by atoms with E-state index in [1.54, 1.807) is 6.92 Å². The molecule has 0 heterocycles. The fourth-order valence-corrected chi connectivity index (χ4v) is 2.19. The molecule has 0 nitrogen and oxygen atoms in total. The third-order valence-corrected chi connectivity index (χ3v) is 3.00. The van der Waals surface area contributed by atoms with Crippen LogP contribution in [0.2, 0.25) is 0 Å². The fraction of sp³-hybridized carbons (Fsp3) is 0.0588. The summed E-state index contributed by atoms with van der Waals surface area (Å²) in [7, 11) is 0. The molecule has 0 heteroatoms. The highest BCUT2D eigenvalue weighted by atomic mass is 14.1. The van der Waals surface area contributed by atoms with Gasteiger partial charge in [0.25, 0.3) is 0 Å². The van der Waals surface area contributed by atoms with E-state index in [1.165, 1.54) is 0 Å². The Morgan fingerprint density at radius 1 is 0.706 bits per heavy atom. The number of hydrogen-bond donors (Lipinski definition) is 0. The van der Waals surface area contributed by atoms with Crippen molar-refractivity contribution >= 4 is 32.3 Å². The van der Waals surface area contributed by atoms with Crippen LogP contribution in [0.1, 0.15) is 17.9 Å². The van der Waals surface area contributed by atoms with Gasteiger partial charge in [-0.3, -0.25) is 0 Å². The van der Waals surface area contributed by atoms with Gasteiger partial charge >= 0.3 is 0 Å². The molecule has 0 N–H and O–H groups in total. The van der Waals surface area contributed by atoms with E-state index < -0.39 is 6.04 Å². The maximum absolute atomic E-state index is 8.36. The zero-order chi connectivity index (χ0) is 19.2. The fourth-order valence-electron chi connectivity index (χ4n) is 2.19. The number of benzene rings is 4. The van der Waals surface area contributed by atoms with Crippen LogP contribution in [0.15, 0.2) is 54.4 Å². The standard InChI is InChI=1S/C17H12/c1-11-5-6-14-8-7-12-3-2-4-13-9-10-15(11)17(14)16(12)13/h2-10H,1H3/i2D,3D,4D,5D,6D,7D,8D,9D,10D. The summed E-state index contributed by atoms with van der Waals surface area (Å²) in [4.78, 5) is 0. The molecule has 0 aliphatic heterocycles. The molecule has 80 valence electrons. The second kappa shape index (κ2) is 2.98. The van der Waals surface area contributed by atoms with Crippen molar-refractivity contribution in [3.05, 3.63) is 59.9 Å². The van der Waals surface area contributed by atoms with E-state index in [1.807, 2.05) is 0 Å². The highest BCUT2D eigenvalue weighted by Gasteiger charge is 2.08. The minimum atomic E-state index is -0.458. The average molecular weight is 225 g/mol. The Bertz CT molecular complexity index is 1080. The number of hydrogen-bond acceptors (Lipinski definition) is 0. The summed E-state index contributed by atoms with van der Waals surface area (Å²) < 4.78 is 74.0. The Hall–Kier alpha value is -2.08. The maximum Gasteiger partial charge on any atom is 0.0630 e. The summed E-state index contributed by atoms with van der Waals surface area (Å²) in [6, 6.07) is -2.88. The molecule has 0 aromatic heterocycles. The normalized spacial score (nSPS) is 19.2. The lowest BCUT2D eigenvalue weighted by Crippen LogP contribution is -1.85. The Morgan fingerprint density at radius 2 is 1.29 bits per heavy atom. The first-order valence-corrected chi connectivity index (χ1v) is 5.25. The van der Waals surface area contributed by atoms with Crippen LogP contribution in [0.4, 0.5) is 0 Å². The van der Waals surface area contributed by atoms with Gasteiger partial charge in [-0.15, -0.1) is 0 Å². The minimum absolute atomic E-state index is 0.0168. The lowest BCUT2D eigenvalue weighted by molar-refractivity contribution is 1.55. The summed E-state index contributed by atoms with van der Waals surface area (Å²) in [5.41, 5.74) is 0.314. The van der Waals surface area contributed by atoms with E-state index in [0.29, 0.717) is 5.56 Å². The summed E-state index contributed by atoms with van der Waals surface area (Å²) in [5.74, 6) is 0. The van der Waals surface area contributed by atoms with Crippen molar-refractivity contribution in [2.24, 2.45) is 0 Å². The Balaban J connectivity index is 2.63. The molecule has 0 saturated carbocycles. The molecule has 0 aliphatic rings. The highest BCUT2D eigenvalue weighted by Crippen LogP contribution is 2.35. The molecule has 0 atom stereocenters. The van der Waals surface area contributed by atoms with E-state index >= 15 is 0 Å². The monoisotopic (exact) mass is 225 g/mol. The third kappa shape index (κ3) is 1.07. The second-order valence-corrected chi connectivity index (χ2v) is 4.00. The third-order valence-electron chi connectivity index (χ3n) is 3.00. The molecule has 0 radical (unpaired) electrons. The van der Waals surface area contributed by atoms with Crippen LogP contribution in [0.5, 0.6) is 0 Å². The highest BCUT2D eigenvalue weighted by molar-refractivity contribution is 6.23. The number of rotatable bonds is 0. The Kier molecular flexibility index (Phi) is 0.699. The van der Waals surface area contributed by atoms with Crippen molar-refractivity contribution in [1.29, 1.82) is 0 Å². The van der Waals surface area contributed by atoms with Gasteiger partial charge in [-0.2, -0.15) is 0 Å². The lowest BCUT2D eigenvalue weighted by atomic mass is 9.92. The van der Waals surface area contributed by atoms with Crippen LogP contribution in [-0.2, 0) is 0 Å². The molecule has 0 spiro atoms. The molecule has 17 heavy (non-hydrogen) atoms. The zero-order valence-electron chi connectivity index (χ0n) is 18.0. The van der Waals surface area contributed by atoms with E-state index in [2.05, 4.69) is 0 Å². The van der Waals surface area contributed by atoms with Crippen molar-refractivity contribution in [2.45, 2.75) is 6.92 Å². The van der Waals surface area contributed by atoms with E-state index in [9.17, 15) is 0 Å². The molecule has 4 aromatic carbocycles. The predicted molar refractivity (Wildman–Crippen MR) is 74.9 cm³/mol. The van der Waals surface area contributed by atoms with Gasteiger partial charge in [-0.05, 0) is 44.8 Å². The van der Waals surface area contributed by atoms with Crippen molar-refractivity contribution in [3.8, 4) is 0 Å². The molecular formula is C17H12. The molecule has 4 aromatic rings. The van der Waals surface area contributed by atoms with Crippen molar-refractivity contribution in [2.75, 3.05) is 0 Å². The topological polar surface area (TPSA) is 0 Å². The van der Waals surface area contributed by atoms with E-state index in [0.717, 1.165) is 0 Å². The molecule has 0 unspecified atom stereocenters.